The quantitative estimate of drug-likeness (QED) is 0.837. The number of benzene rings is 1. The Balaban J connectivity index is 1.97. The number of nitrogens with one attached hydrogen (secondary N) is 1. The lowest BCUT2D eigenvalue weighted by Crippen LogP contribution is -2.40. The Morgan fingerprint density at radius 3 is 2.53 bits per heavy atom. The van der Waals surface area contributed by atoms with E-state index in [0.717, 1.165) is 12.8 Å². The molecule has 0 spiro atoms. The van der Waals surface area contributed by atoms with Crippen molar-refractivity contribution < 1.29 is 4.79 Å². The van der Waals surface area contributed by atoms with E-state index in [2.05, 4.69) is 5.32 Å². The first-order chi connectivity index (χ1) is 9.08. The van der Waals surface area contributed by atoms with Gasteiger partial charge >= 0.3 is 6.03 Å². The fourth-order valence-electron chi connectivity index (χ4n) is 2.42. The first kappa shape index (κ1) is 14.5. The number of amides is 2. The lowest BCUT2D eigenvalue weighted by molar-refractivity contribution is 0.186. The van der Waals surface area contributed by atoms with Gasteiger partial charge in [0.2, 0.25) is 0 Å². The number of halogens is 2. The highest BCUT2D eigenvalue weighted by molar-refractivity contribution is 6.42. The standard InChI is InChI=1S/C14H18Cl2N2O/c1-18(11-5-3-2-4-6-11)14(19)17-10-7-8-12(15)13(16)9-10/h7-9,11H,2-6H2,1H3,(H,17,19). The average Bonchev–Trinajstić information content (AvgIpc) is 2.43. The molecule has 1 aromatic carbocycles. The van der Waals surface area contributed by atoms with Crippen LogP contribution in [0.4, 0.5) is 10.5 Å². The largest absolute Gasteiger partial charge is 0.325 e. The Morgan fingerprint density at radius 1 is 1.21 bits per heavy atom. The molecule has 0 bridgehead atoms. The molecule has 1 fully saturated rings. The second kappa shape index (κ2) is 6.49. The first-order valence-corrected chi connectivity index (χ1v) is 7.32. The fourth-order valence-corrected chi connectivity index (χ4v) is 2.72. The van der Waals surface area contributed by atoms with E-state index in [1.165, 1.54) is 19.3 Å². The van der Waals surface area contributed by atoms with E-state index in [1.807, 2.05) is 7.05 Å². The zero-order valence-electron chi connectivity index (χ0n) is 11.0. The summed E-state index contributed by atoms with van der Waals surface area (Å²) in [6.45, 7) is 0. The number of hydrogen-bond acceptors (Lipinski definition) is 1. The summed E-state index contributed by atoms with van der Waals surface area (Å²) < 4.78 is 0. The first-order valence-electron chi connectivity index (χ1n) is 6.57. The molecule has 0 saturated heterocycles. The number of rotatable bonds is 2. The molecule has 3 nitrogen and oxygen atoms in total. The van der Waals surface area contributed by atoms with Gasteiger partial charge in [-0.1, -0.05) is 42.5 Å². The van der Waals surface area contributed by atoms with Crippen LogP contribution in [0.2, 0.25) is 10.0 Å². The van der Waals surface area contributed by atoms with Gasteiger partial charge in [0.15, 0.2) is 0 Å². The summed E-state index contributed by atoms with van der Waals surface area (Å²) in [6, 6.07) is 5.35. The van der Waals surface area contributed by atoms with Crippen LogP contribution in [0.25, 0.3) is 0 Å². The molecule has 2 rings (SSSR count). The SMILES string of the molecule is CN(C(=O)Nc1ccc(Cl)c(Cl)c1)C1CCCCC1. The molecule has 0 atom stereocenters. The molecule has 5 heteroatoms. The maximum absolute atomic E-state index is 12.1. The lowest BCUT2D eigenvalue weighted by Gasteiger charge is -2.31. The van der Waals surface area contributed by atoms with Gasteiger partial charge in [-0.2, -0.15) is 0 Å². The van der Waals surface area contributed by atoms with Crippen LogP contribution in [0.5, 0.6) is 0 Å². The molecule has 1 N–H and O–H groups in total. The van der Waals surface area contributed by atoms with Crippen LogP contribution in [0.15, 0.2) is 18.2 Å². The zero-order valence-corrected chi connectivity index (χ0v) is 12.5. The van der Waals surface area contributed by atoms with Gasteiger partial charge in [0.1, 0.15) is 0 Å². The fraction of sp³-hybridized carbons (Fsp3) is 0.500. The molecule has 104 valence electrons. The highest BCUT2D eigenvalue weighted by Gasteiger charge is 2.22. The Morgan fingerprint density at radius 2 is 1.89 bits per heavy atom. The van der Waals surface area contributed by atoms with Crippen molar-refractivity contribution in [3.8, 4) is 0 Å². The molecule has 0 aliphatic heterocycles. The van der Waals surface area contributed by atoms with E-state index >= 15 is 0 Å². The Labute approximate surface area is 123 Å². The summed E-state index contributed by atoms with van der Waals surface area (Å²) >= 11 is 11.8. The normalized spacial score (nSPS) is 16.2. The minimum Gasteiger partial charge on any atom is -0.325 e. The Bertz CT molecular complexity index is 459. The van der Waals surface area contributed by atoms with Crippen LogP contribution in [0.3, 0.4) is 0 Å². The van der Waals surface area contributed by atoms with Crippen LogP contribution in [-0.4, -0.2) is 24.0 Å². The average molecular weight is 301 g/mol. The number of carbonyl (C=O) groups is 1. The number of nitrogens with zero attached hydrogens (tertiary/aromatic N) is 1. The van der Waals surface area contributed by atoms with Crippen molar-refractivity contribution in [2.75, 3.05) is 12.4 Å². The van der Waals surface area contributed by atoms with Crippen molar-refractivity contribution in [1.82, 2.24) is 4.90 Å². The summed E-state index contributed by atoms with van der Waals surface area (Å²) in [4.78, 5) is 13.9. The summed E-state index contributed by atoms with van der Waals surface area (Å²) in [6.07, 6.45) is 5.86. The van der Waals surface area contributed by atoms with Crippen LogP contribution in [0, 0.1) is 0 Å². The minimum absolute atomic E-state index is 0.0923. The van der Waals surface area contributed by atoms with Gasteiger partial charge in [0, 0.05) is 18.8 Å². The predicted octanol–water partition coefficient (Wildman–Crippen LogP) is 4.79. The second-order valence-corrected chi connectivity index (χ2v) is 5.78. The van der Waals surface area contributed by atoms with Gasteiger partial charge in [-0.05, 0) is 31.0 Å². The smallest absolute Gasteiger partial charge is 0.321 e. The van der Waals surface area contributed by atoms with Gasteiger partial charge in [-0.3, -0.25) is 0 Å². The minimum atomic E-state index is -0.0923. The molecule has 0 heterocycles. The summed E-state index contributed by atoms with van der Waals surface area (Å²) in [5, 5.41) is 3.78. The third-order valence-corrected chi connectivity index (χ3v) is 4.35. The molecular formula is C14H18Cl2N2O. The monoisotopic (exact) mass is 300 g/mol. The number of urea groups is 1. The van der Waals surface area contributed by atoms with Crippen LogP contribution < -0.4 is 5.32 Å². The maximum Gasteiger partial charge on any atom is 0.321 e. The molecule has 0 aromatic heterocycles. The summed E-state index contributed by atoms with van der Waals surface area (Å²) in [7, 11) is 1.85. The second-order valence-electron chi connectivity index (χ2n) is 4.96. The molecule has 2 amide bonds. The van der Waals surface area contributed by atoms with E-state index in [0.29, 0.717) is 21.8 Å². The van der Waals surface area contributed by atoms with E-state index < -0.39 is 0 Å². The molecule has 0 unspecified atom stereocenters. The Kier molecular flexibility index (Phi) is 4.94. The topological polar surface area (TPSA) is 32.3 Å². The van der Waals surface area contributed by atoms with Crippen molar-refractivity contribution in [2.45, 2.75) is 38.1 Å². The lowest BCUT2D eigenvalue weighted by atomic mass is 9.95. The van der Waals surface area contributed by atoms with Crippen molar-refractivity contribution in [2.24, 2.45) is 0 Å². The molecule has 1 aliphatic rings. The van der Waals surface area contributed by atoms with Gasteiger partial charge in [-0.15, -0.1) is 0 Å². The molecule has 1 saturated carbocycles. The van der Waals surface area contributed by atoms with Crippen LogP contribution in [0.1, 0.15) is 32.1 Å². The third kappa shape index (κ3) is 3.77. The van der Waals surface area contributed by atoms with Gasteiger partial charge in [-0.25, -0.2) is 4.79 Å². The van der Waals surface area contributed by atoms with E-state index in [-0.39, 0.29) is 6.03 Å². The maximum atomic E-state index is 12.1. The molecule has 1 aliphatic carbocycles. The highest BCUT2D eigenvalue weighted by Crippen LogP contribution is 2.26. The molecule has 0 radical (unpaired) electrons. The molecule has 19 heavy (non-hydrogen) atoms. The third-order valence-electron chi connectivity index (χ3n) is 3.61. The number of anilines is 1. The molecule has 1 aromatic rings. The molecular weight excluding hydrogens is 283 g/mol. The van der Waals surface area contributed by atoms with E-state index in [4.69, 9.17) is 23.2 Å². The number of hydrogen-bond donors (Lipinski definition) is 1. The van der Waals surface area contributed by atoms with Crippen molar-refractivity contribution in [3.63, 3.8) is 0 Å². The van der Waals surface area contributed by atoms with Gasteiger partial charge < -0.3 is 10.2 Å². The van der Waals surface area contributed by atoms with E-state index in [1.54, 1.807) is 23.1 Å². The van der Waals surface area contributed by atoms with E-state index in [9.17, 15) is 4.79 Å². The predicted molar refractivity (Wildman–Crippen MR) is 80.1 cm³/mol. The summed E-state index contributed by atoms with van der Waals surface area (Å²) in [5.74, 6) is 0. The highest BCUT2D eigenvalue weighted by atomic mass is 35.5. The van der Waals surface area contributed by atoms with Crippen molar-refractivity contribution in [3.05, 3.63) is 28.2 Å². The van der Waals surface area contributed by atoms with Crippen LogP contribution in [-0.2, 0) is 0 Å². The van der Waals surface area contributed by atoms with Gasteiger partial charge in [0.05, 0.1) is 10.0 Å². The zero-order chi connectivity index (χ0) is 13.8. The van der Waals surface area contributed by atoms with Crippen LogP contribution >= 0.6 is 23.2 Å². The number of carbonyl (C=O) groups excluding carboxylic acids is 1. The van der Waals surface area contributed by atoms with Crippen molar-refractivity contribution in [1.29, 1.82) is 0 Å². The van der Waals surface area contributed by atoms with Gasteiger partial charge in [0.25, 0.3) is 0 Å². The van der Waals surface area contributed by atoms with Crippen molar-refractivity contribution >= 4 is 34.9 Å². The summed E-state index contributed by atoms with van der Waals surface area (Å²) in [5.41, 5.74) is 0.669. The Hall–Kier alpha value is -0.930.